The number of aromatic nitrogens is 2. The van der Waals surface area contributed by atoms with Crippen molar-refractivity contribution in [3.8, 4) is 5.88 Å². The van der Waals surface area contributed by atoms with Gasteiger partial charge < -0.3 is 9.47 Å². The highest BCUT2D eigenvalue weighted by molar-refractivity contribution is 7.19. The molecule has 0 bridgehead atoms. The number of thiophene rings is 1. The van der Waals surface area contributed by atoms with Crippen molar-refractivity contribution in [2.75, 3.05) is 13.2 Å². The zero-order valence-electron chi connectivity index (χ0n) is 9.68. The molecule has 90 valence electrons. The van der Waals surface area contributed by atoms with Gasteiger partial charge in [-0.2, -0.15) is 0 Å². The Balaban J connectivity index is 1.88. The lowest BCUT2D eigenvalue weighted by Gasteiger charge is -2.22. The molecule has 17 heavy (non-hydrogen) atoms. The maximum absolute atomic E-state index is 5.96. The lowest BCUT2D eigenvalue weighted by molar-refractivity contribution is 0.0244. The number of aryl methyl sites for hydroxylation is 1. The van der Waals surface area contributed by atoms with E-state index in [1.165, 1.54) is 4.88 Å². The Morgan fingerprint density at radius 3 is 3.00 bits per heavy atom. The van der Waals surface area contributed by atoms with Gasteiger partial charge in [0.2, 0.25) is 5.88 Å². The van der Waals surface area contributed by atoms with Crippen LogP contribution in [0.25, 0.3) is 10.2 Å². The molecule has 0 saturated carbocycles. The molecule has 0 amide bonds. The molecule has 1 saturated heterocycles. The lowest BCUT2D eigenvalue weighted by Crippen LogP contribution is -2.26. The minimum atomic E-state index is 0.226. The Hall–Kier alpha value is -1.20. The number of nitrogens with zero attached hydrogens (tertiary/aromatic N) is 2. The van der Waals surface area contributed by atoms with Gasteiger partial charge in [0.05, 0.1) is 18.7 Å². The second kappa shape index (κ2) is 4.58. The smallest absolute Gasteiger partial charge is 0.235 e. The van der Waals surface area contributed by atoms with Crippen LogP contribution in [0, 0.1) is 6.92 Å². The van der Waals surface area contributed by atoms with E-state index in [4.69, 9.17) is 9.47 Å². The van der Waals surface area contributed by atoms with Crippen LogP contribution in [0.1, 0.15) is 17.7 Å². The fraction of sp³-hybridized carbons (Fsp3) is 0.500. The topological polar surface area (TPSA) is 44.2 Å². The largest absolute Gasteiger partial charge is 0.473 e. The number of ether oxygens (including phenoxy) is 2. The third kappa shape index (κ3) is 2.25. The van der Waals surface area contributed by atoms with Crippen molar-refractivity contribution in [2.45, 2.75) is 25.9 Å². The molecule has 1 aliphatic rings. The first kappa shape index (κ1) is 10.9. The molecule has 4 nitrogen and oxygen atoms in total. The molecule has 5 heteroatoms. The molecule has 0 aliphatic carbocycles. The van der Waals surface area contributed by atoms with Crippen LogP contribution < -0.4 is 4.74 Å². The van der Waals surface area contributed by atoms with Crippen LogP contribution in [-0.4, -0.2) is 29.3 Å². The van der Waals surface area contributed by atoms with E-state index >= 15 is 0 Å². The third-order valence-electron chi connectivity index (χ3n) is 2.85. The van der Waals surface area contributed by atoms with Crippen molar-refractivity contribution < 1.29 is 9.47 Å². The molecular formula is C12H14N2O2S. The van der Waals surface area contributed by atoms with Gasteiger partial charge in [0, 0.05) is 17.7 Å². The molecular weight excluding hydrogens is 236 g/mol. The second-order valence-electron chi connectivity index (χ2n) is 4.18. The summed E-state index contributed by atoms with van der Waals surface area (Å²) in [6.45, 7) is 3.63. The molecule has 0 N–H and O–H groups in total. The summed E-state index contributed by atoms with van der Waals surface area (Å²) in [5, 5.41) is 0. The van der Waals surface area contributed by atoms with E-state index in [1.54, 1.807) is 17.7 Å². The third-order valence-corrected chi connectivity index (χ3v) is 3.88. The Bertz CT molecular complexity index is 520. The fourth-order valence-corrected chi connectivity index (χ4v) is 2.88. The summed E-state index contributed by atoms with van der Waals surface area (Å²) in [6, 6.07) is 2.07. The van der Waals surface area contributed by atoms with Gasteiger partial charge in [-0.15, -0.1) is 11.3 Å². The summed E-state index contributed by atoms with van der Waals surface area (Å²) in [6.07, 6.45) is 3.68. The lowest BCUT2D eigenvalue weighted by atomic mass is 10.1. The molecule has 0 spiro atoms. The molecule has 2 aromatic rings. The Kier molecular flexibility index (Phi) is 2.94. The molecule has 0 unspecified atom stereocenters. The van der Waals surface area contributed by atoms with Crippen LogP contribution in [0.4, 0.5) is 0 Å². The van der Waals surface area contributed by atoms with Gasteiger partial charge >= 0.3 is 0 Å². The molecule has 2 aromatic heterocycles. The number of hydrogen-bond donors (Lipinski definition) is 0. The average Bonchev–Trinajstić information content (AvgIpc) is 2.72. The van der Waals surface area contributed by atoms with E-state index in [9.17, 15) is 0 Å². The van der Waals surface area contributed by atoms with E-state index in [0.717, 1.165) is 42.2 Å². The van der Waals surface area contributed by atoms with Gasteiger partial charge in [0.25, 0.3) is 0 Å². The summed E-state index contributed by atoms with van der Waals surface area (Å²) >= 11 is 1.69. The van der Waals surface area contributed by atoms with Crippen molar-refractivity contribution >= 4 is 21.6 Å². The predicted molar refractivity (Wildman–Crippen MR) is 66.6 cm³/mol. The van der Waals surface area contributed by atoms with E-state index in [1.807, 2.05) is 0 Å². The van der Waals surface area contributed by atoms with Crippen molar-refractivity contribution in [3.63, 3.8) is 0 Å². The highest BCUT2D eigenvalue weighted by Gasteiger charge is 2.18. The maximum atomic E-state index is 5.96. The monoisotopic (exact) mass is 250 g/mol. The zero-order valence-corrected chi connectivity index (χ0v) is 10.5. The number of rotatable bonds is 2. The maximum Gasteiger partial charge on any atom is 0.235 e. The molecule has 0 aromatic carbocycles. The van der Waals surface area contributed by atoms with Crippen molar-refractivity contribution in [2.24, 2.45) is 0 Å². The highest BCUT2D eigenvalue weighted by atomic mass is 32.1. The van der Waals surface area contributed by atoms with Crippen LogP contribution in [0.2, 0.25) is 0 Å². The molecule has 3 heterocycles. The number of fused-ring (bicyclic) bond motifs is 1. The molecule has 1 aliphatic heterocycles. The van der Waals surface area contributed by atoms with Gasteiger partial charge in [0.1, 0.15) is 17.1 Å². The normalized spacial score (nSPS) is 17.5. The quantitative estimate of drug-likeness (QED) is 0.821. The van der Waals surface area contributed by atoms with Crippen molar-refractivity contribution in [3.05, 3.63) is 17.3 Å². The van der Waals surface area contributed by atoms with E-state index in [2.05, 4.69) is 23.0 Å². The molecule has 0 atom stereocenters. The highest BCUT2D eigenvalue weighted by Crippen LogP contribution is 2.31. The SMILES string of the molecule is Cc1cc2ncnc(OC3CCOCC3)c2s1. The second-order valence-corrected chi connectivity index (χ2v) is 5.44. The Morgan fingerprint density at radius 1 is 1.35 bits per heavy atom. The average molecular weight is 250 g/mol. The Morgan fingerprint density at radius 2 is 2.18 bits per heavy atom. The first-order valence-electron chi connectivity index (χ1n) is 5.78. The van der Waals surface area contributed by atoms with Crippen molar-refractivity contribution in [1.82, 2.24) is 9.97 Å². The standard InChI is InChI=1S/C12H14N2O2S/c1-8-6-10-11(17-8)12(14-7-13-10)16-9-2-4-15-5-3-9/h6-7,9H,2-5H2,1H3. The van der Waals surface area contributed by atoms with Crippen LogP contribution in [0.5, 0.6) is 5.88 Å². The fourth-order valence-electron chi connectivity index (χ4n) is 1.99. The summed E-state index contributed by atoms with van der Waals surface area (Å²) < 4.78 is 12.3. The van der Waals surface area contributed by atoms with Crippen LogP contribution in [0.3, 0.4) is 0 Å². The van der Waals surface area contributed by atoms with E-state index < -0.39 is 0 Å². The first-order valence-corrected chi connectivity index (χ1v) is 6.60. The van der Waals surface area contributed by atoms with Gasteiger partial charge in [-0.3, -0.25) is 0 Å². The van der Waals surface area contributed by atoms with Gasteiger partial charge in [0.15, 0.2) is 0 Å². The predicted octanol–water partition coefficient (Wildman–Crippen LogP) is 2.56. The van der Waals surface area contributed by atoms with E-state index in [-0.39, 0.29) is 6.10 Å². The molecule has 0 radical (unpaired) electrons. The minimum Gasteiger partial charge on any atom is -0.473 e. The number of hydrogen-bond acceptors (Lipinski definition) is 5. The zero-order chi connectivity index (χ0) is 11.7. The first-order chi connectivity index (χ1) is 8.33. The van der Waals surface area contributed by atoms with Gasteiger partial charge in [-0.05, 0) is 13.0 Å². The summed E-state index contributed by atoms with van der Waals surface area (Å²) in [5.41, 5.74) is 0.976. The summed E-state index contributed by atoms with van der Waals surface area (Å²) in [4.78, 5) is 9.73. The minimum absolute atomic E-state index is 0.226. The van der Waals surface area contributed by atoms with Gasteiger partial charge in [-0.25, -0.2) is 9.97 Å². The van der Waals surface area contributed by atoms with Gasteiger partial charge in [-0.1, -0.05) is 0 Å². The van der Waals surface area contributed by atoms with Crippen LogP contribution in [-0.2, 0) is 4.74 Å². The van der Waals surface area contributed by atoms with Crippen LogP contribution >= 0.6 is 11.3 Å². The summed E-state index contributed by atoms with van der Waals surface area (Å²) in [7, 11) is 0. The van der Waals surface area contributed by atoms with Crippen LogP contribution in [0.15, 0.2) is 12.4 Å². The molecule has 3 rings (SSSR count). The van der Waals surface area contributed by atoms with E-state index in [0.29, 0.717) is 0 Å². The molecule has 1 fully saturated rings. The van der Waals surface area contributed by atoms with Crippen molar-refractivity contribution in [1.29, 1.82) is 0 Å². The summed E-state index contributed by atoms with van der Waals surface area (Å²) in [5.74, 6) is 0.722. The Labute approximate surface area is 104 Å².